The summed E-state index contributed by atoms with van der Waals surface area (Å²) in [7, 11) is 0. The Balaban J connectivity index is 1.50. The minimum absolute atomic E-state index is 0.259. The number of nitriles is 1. The number of allylic oxidation sites excluding steroid dienone is 3. The van der Waals surface area contributed by atoms with Gasteiger partial charge in [0.05, 0.1) is 10.4 Å². The number of nitrogens with zero attached hydrogens (tertiary/aromatic N) is 2. The van der Waals surface area contributed by atoms with E-state index in [4.69, 9.17) is 15.9 Å². The summed E-state index contributed by atoms with van der Waals surface area (Å²) in [5.74, 6) is 3.42. The molecule has 1 aliphatic rings. The third kappa shape index (κ3) is 5.11. The number of terminal acetylenes is 1. The molecule has 154 valence electrons. The molecule has 0 bridgehead atoms. The molecule has 4 heterocycles. The van der Waals surface area contributed by atoms with Crippen LogP contribution in [0.2, 0.25) is 0 Å². The minimum atomic E-state index is 0.259. The molecule has 0 unspecified atom stereocenters. The van der Waals surface area contributed by atoms with Crippen molar-refractivity contribution in [2.45, 2.75) is 13.1 Å². The van der Waals surface area contributed by atoms with Crippen molar-refractivity contribution in [3.63, 3.8) is 0 Å². The van der Waals surface area contributed by atoms with Gasteiger partial charge in [0.1, 0.15) is 18.4 Å². The molecule has 1 fully saturated rings. The van der Waals surface area contributed by atoms with Crippen LogP contribution in [0.4, 0.5) is 0 Å². The van der Waals surface area contributed by atoms with Gasteiger partial charge in [-0.2, -0.15) is 5.26 Å². The molecule has 1 N–H and O–H groups in total. The summed E-state index contributed by atoms with van der Waals surface area (Å²) in [4.78, 5) is 6.26. The lowest BCUT2D eigenvalue weighted by Gasteiger charge is -2.02. The standard InChI is InChI=1S/C24H19N3O2S2/c1-2-18(5-6-20-13-28-16-29-20)23-15-31-24(22(23)9-25)19-8-21(30-14-19)12-27-11-17-4-3-7-26-10-17/h1,3-8,10,14-15,27H,11-13,16H2/b18-5+,20-6+. The van der Waals surface area contributed by atoms with E-state index in [1.54, 1.807) is 29.7 Å². The summed E-state index contributed by atoms with van der Waals surface area (Å²) >= 11 is 3.21. The van der Waals surface area contributed by atoms with Gasteiger partial charge < -0.3 is 14.8 Å². The van der Waals surface area contributed by atoms with Gasteiger partial charge in [-0.05, 0) is 35.2 Å². The molecule has 1 saturated heterocycles. The Morgan fingerprint density at radius 2 is 2.26 bits per heavy atom. The van der Waals surface area contributed by atoms with Gasteiger partial charge in [-0.3, -0.25) is 4.98 Å². The quantitative estimate of drug-likeness (QED) is 0.522. The molecule has 0 amide bonds. The van der Waals surface area contributed by atoms with Crippen LogP contribution in [0, 0.1) is 23.7 Å². The second-order valence-electron chi connectivity index (χ2n) is 6.70. The van der Waals surface area contributed by atoms with Crippen molar-refractivity contribution < 1.29 is 9.47 Å². The molecular weight excluding hydrogens is 426 g/mol. The lowest BCUT2D eigenvalue weighted by molar-refractivity contribution is 0.0800. The molecule has 0 radical (unpaired) electrons. The molecule has 3 aromatic heterocycles. The van der Waals surface area contributed by atoms with Gasteiger partial charge in [0.2, 0.25) is 0 Å². The van der Waals surface area contributed by atoms with E-state index in [1.165, 1.54) is 16.2 Å². The Morgan fingerprint density at radius 1 is 1.32 bits per heavy atom. The van der Waals surface area contributed by atoms with Crippen molar-refractivity contribution in [3.05, 3.63) is 80.8 Å². The summed E-state index contributed by atoms with van der Waals surface area (Å²) in [6.45, 7) is 2.20. The number of thiophene rings is 2. The van der Waals surface area contributed by atoms with Crippen LogP contribution >= 0.6 is 22.7 Å². The van der Waals surface area contributed by atoms with E-state index in [9.17, 15) is 5.26 Å². The summed E-state index contributed by atoms with van der Waals surface area (Å²) < 4.78 is 10.5. The first kappa shape index (κ1) is 21.0. The molecule has 1 aliphatic heterocycles. The zero-order valence-corrected chi connectivity index (χ0v) is 18.3. The first-order valence-corrected chi connectivity index (χ1v) is 11.3. The van der Waals surface area contributed by atoms with Crippen molar-refractivity contribution in [2.75, 3.05) is 13.4 Å². The van der Waals surface area contributed by atoms with Gasteiger partial charge >= 0.3 is 0 Å². The highest BCUT2D eigenvalue weighted by Gasteiger charge is 2.17. The molecule has 0 aromatic carbocycles. The van der Waals surface area contributed by atoms with Gasteiger partial charge in [-0.15, -0.1) is 29.1 Å². The number of rotatable bonds is 7. The molecular formula is C24H19N3O2S2. The Kier molecular flexibility index (Phi) is 6.93. The van der Waals surface area contributed by atoms with Crippen molar-refractivity contribution >= 4 is 28.2 Å². The number of hydrogen-bond acceptors (Lipinski definition) is 7. The first-order valence-electron chi connectivity index (χ1n) is 9.56. The van der Waals surface area contributed by atoms with Gasteiger partial charge in [-0.25, -0.2) is 0 Å². The number of hydrogen-bond donors (Lipinski definition) is 1. The van der Waals surface area contributed by atoms with Gasteiger partial charge in [0.25, 0.3) is 0 Å². The fourth-order valence-corrected chi connectivity index (χ4v) is 5.02. The third-order valence-electron chi connectivity index (χ3n) is 4.62. The predicted molar refractivity (Wildman–Crippen MR) is 124 cm³/mol. The molecule has 5 nitrogen and oxygen atoms in total. The molecule has 4 rings (SSSR count). The van der Waals surface area contributed by atoms with Crippen molar-refractivity contribution in [1.82, 2.24) is 10.3 Å². The highest BCUT2D eigenvalue weighted by Crippen LogP contribution is 2.37. The van der Waals surface area contributed by atoms with Crippen molar-refractivity contribution in [1.29, 1.82) is 5.26 Å². The largest absolute Gasteiger partial charge is 0.469 e. The highest BCUT2D eigenvalue weighted by atomic mass is 32.1. The van der Waals surface area contributed by atoms with E-state index in [1.807, 2.05) is 23.7 Å². The molecule has 0 atom stereocenters. The number of ether oxygens (including phenoxy) is 2. The van der Waals surface area contributed by atoms with Crippen molar-refractivity contribution in [2.24, 2.45) is 0 Å². The third-order valence-corrected chi connectivity index (χ3v) is 6.59. The van der Waals surface area contributed by atoms with Gasteiger partial charge in [-0.1, -0.05) is 12.0 Å². The lowest BCUT2D eigenvalue weighted by Crippen LogP contribution is -2.11. The second-order valence-corrected chi connectivity index (χ2v) is 8.58. The Morgan fingerprint density at radius 3 is 3.00 bits per heavy atom. The average molecular weight is 446 g/mol. The molecule has 0 spiro atoms. The summed E-state index contributed by atoms with van der Waals surface area (Å²) in [5, 5.41) is 17.3. The lowest BCUT2D eigenvalue weighted by atomic mass is 10.0. The fourth-order valence-electron chi connectivity index (χ4n) is 3.09. The monoisotopic (exact) mass is 445 g/mol. The summed E-state index contributed by atoms with van der Waals surface area (Å²) in [5.41, 5.74) is 4.20. The van der Waals surface area contributed by atoms with Gasteiger partial charge in [0.15, 0.2) is 6.79 Å². The Hall–Kier alpha value is -3.20. The number of pyridine rings is 1. The second kappa shape index (κ2) is 10.2. The minimum Gasteiger partial charge on any atom is -0.469 e. The normalized spacial score (nSPS) is 14.9. The van der Waals surface area contributed by atoms with Crippen molar-refractivity contribution in [3.8, 4) is 28.9 Å². The topological polar surface area (TPSA) is 67.2 Å². The van der Waals surface area contributed by atoms with E-state index in [0.29, 0.717) is 17.7 Å². The molecule has 0 saturated carbocycles. The van der Waals surface area contributed by atoms with E-state index >= 15 is 0 Å². The van der Waals surface area contributed by atoms with Crippen LogP contribution in [0.5, 0.6) is 0 Å². The van der Waals surface area contributed by atoms with E-state index < -0.39 is 0 Å². The summed E-state index contributed by atoms with van der Waals surface area (Å²) in [6, 6.07) is 8.44. The Labute approximate surface area is 189 Å². The number of aromatic nitrogens is 1. The average Bonchev–Trinajstić information content (AvgIpc) is 3.56. The maximum absolute atomic E-state index is 9.83. The van der Waals surface area contributed by atoms with E-state index in [2.05, 4.69) is 33.7 Å². The highest BCUT2D eigenvalue weighted by molar-refractivity contribution is 7.15. The maximum atomic E-state index is 9.83. The SMILES string of the molecule is C#C/C(=C\C=C1/COCO1)c1csc(-c2csc(CNCc3cccnc3)c2)c1C#N. The predicted octanol–water partition coefficient (Wildman–Crippen LogP) is 4.94. The zero-order chi connectivity index (χ0) is 21.5. The van der Waals surface area contributed by atoms with Crippen LogP contribution in [0.25, 0.3) is 16.0 Å². The Bertz CT molecular complexity index is 1190. The maximum Gasteiger partial charge on any atom is 0.189 e. The van der Waals surface area contributed by atoms with Crippen LogP contribution in [0.3, 0.4) is 0 Å². The van der Waals surface area contributed by atoms with Crippen LogP contribution in [0.15, 0.2) is 59.3 Å². The van der Waals surface area contributed by atoms with Gasteiger partial charge in [0, 0.05) is 52.4 Å². The molecule has 7 heteroatoms. The molecule has 0 aliphatic carbocycles. The van der Waals surface area contributed by atoms with Crippen LogP contribution in [-0.2, 0) is 22.6 Å². The first-order chi connectivity index (χ1) is 15.3. The molecule has 3 aromatic rings. The van der Waals surface area contributed by atoms with E-state index in [0.717, 1.165) is 40.4 Å². The summed E-state index contributed by atoms with van der Waals surface area (Å²) in [6.07, 6.45) is 13.0. The van der Waals surface area contributed by atoms with Crippen LogP contribution in [-0.4, -0.2) is 18.4 Å². The molecule has 31 heavy (non-hydrogen) atoms. The smallest absolute Gasteiger partial charge is 0.189 e. The number of nitrogens with one attached hydrogen (secondary N) is 1. The fraction of sp³-hybridized carbons (Fsp3) is 0.167. The van der Waals surface area contributed by atoms with Crippen LogP contribution < -0.4 is 5.32 Å². The van der Waals surface area contributed by atoms with Crippen LogP contribution in [0.1, 0.15) is 21.6 Å². The van der Waals surface area contributed by atoms with E-state index in [-0.39, 0.29) is 6.79 Å². The zero-order valence-electron chi connectivity index (χ0n) is 16.6.